The maximum absolute atomic E-state index is 13.3. The molecule has 0 radical (unpaired) electrons. The number of hydrogen-bond acceptors (Lipinski definition) is 5. The van der Waals surface area contributed by atoms with Crippen molar-refractivity contribution in [3.05, 3.63) is 41.5 Å². The van der Waals surface area contributed by atoms with Crippen LogP contribution in [0.5, 0.6) is 0 Å². The van der Waals surface area contributed by atoms with Crippen LogP contribution in [0.3, 0.4) is 0 Å². The predicted molar refractivity (Wildman–Crippen MR) is 60.5 cm³/mol. The summed E-state index contributed by atoms with van der Waals surface area (Å²) in [5, 5.41) is 7.68. The van der Waals surface area contributed by atoms with Crippen molar-refractivity contribution in [3.8, 4) is 0 Å². The van der Waals surface area contributed by atoms with Crippen LogP contribution in [0.2, 0.25) is 0 Å². The van der Waals surface area contributed by atoms with Crippen molar-refractivity contribution in [3.63, 3.8) is 0 Å². The van der Waals surface area contributed by atoms with Gasteiger partial charge < -0.3 is 4.42 Å². The zero-order valence-corrected chi connectivity index (χ0v) is 9.83. The number of benzene rings is 1. The van der Waals surface area contributed by atoms with Crippen LogP contribution < -0.4 is 0 Å². The van der Waals surface area contributed by atoms with Crippen molar-refractivity contribution >= 4 is 17.5 Å². The Balaban J connectivity index is 2.01. The number of thioether (sulfide) groups is 1. The number of rotatable bonds is 4. The fraction of sp³-hybridized carbons (Fsp3) is 0.182. The van der Waals surface area contributed by atoms with E-state index in [1.165, 1.54) is 12.1 Å². The van der Waals surface area contributed by atoms with E-state index in [1.807, 2.05) is 0 Å². The van der Waals surface area contributed by atoms with Gasteiger partial charge in [-0.25, -0.2) is 4.39 Å². The number of halogens is 1. The number of ketones is 1. The van der Waals surface area contributed by atoms with Crippen LogP contribution in [-0.4, -0.2) is 21.7 Å². The number of hydrogen-bond donors (Lipinski definition) is 0. The van der Waals surface area contributed by atoms with Gasteiger partial charge in [-0.05, 0) is 12.1 Å². The van der Waals surface area contributed by atoms with E-state index >= 15 is 0 Å². The number of carbonyl (C=O) groups is 1. The Bertz CT molecular complexity index is 542. The highest BCUT2D eigenvalue weighted by molar-refractivity contribution is 7.99. The molecule has 2 rings (SSSR count). The van der Waals surface area contributed by atoms with Crippen LogP contribution in [0.4, 0.5) is 4.39 Å². The Morgan fingerprint density at radius 3 is 2.82 bits per heavy atom. The maximum Gasteiger partial charge on any atom is 0.277 e. The fourth-order valence-electron chi connectivity index (χ4n) is 1.23. The molecule has 0 N–H and O–H groups in total. The van der Waals surface area contributed by atoms with Crippen LogP contribution in [-0.2, 0) is 0 Å². The Kier molecular flexibility index (Phi) is 3.53. The molecule has 0 unspecified atom stereocenters. The highest BCUT2D eigenvalue weighted by Crippen LogP contribution is 2.18. The first-order valence-electron chi connectivity index (χ1n) is 4.87. The van der Waals surface area contributed by atoms with Gasteiger partial charge in [-0.2, -0.15) is 0 Å². The van der Waals surface area contributed by atoms with E-state index in [-0.39, 0.29) is 17.1 Å². The Morgan fingerprint density at radius 1 is 1.41 bits per heavy atom. The molecule has 0 spiro atoms. The molecular weight excluding hydrogens is 243 g/mol. The van der Waals surface area contributed by atoms with Crippen LogP contribution in [0.15, 0.2) is 33.9 Å². The van der Waals surface area contributed by atoms with Gasteiger partial charge in [0.1, 0.15) is 5.82 Å². The highest BCUT2D eigenvalue weighted by Gasteiger charge is 2.13. The van der Waals surface area contributed by atoms with Crippen molar-refractivity contribution in [2.24, 2.45) is 0 Å². The van der Waals surface area contributed by atoms with Crippen molar-refractivity contribution < 1.29 is 13.6 Å². The molecule has 1 aromatic carbocycles. The lowest BCUT2D eigenvalue weighted by Gasteiger charge is -1.99. The first kappa shape index (κ1) is 11.8. The van der Waals surface area contributed by atoms with Gasteiger partial charge in [0.2, 0.25) is 5.89 Å². The summed E-state index contributed by atoms with van der Waals surface area (Å²) in [6.07, 6.45) is 0. The van der Waals surface area contributed by atoms with E-state index in [0.29, 0.717) is 11.1 Å². The number of aromatic nitrogens is 2. The molecule has 0 amide bonds. The minimum atomic E-state index is -0.514. The van der Waals surface area contributed by atoms with Crippen LogP contribution in [0.25, 0.3) is 0 Å². The van der Waals surface area contributed by atoms with E-state index < -0.39 is 5.82 Å². The fourth-order valence-corrected chi connectivity index (χ4v) is 1.92. The Labute approximate surface area is 101 Å². The van der Waals surface area contributed by atoms with E-state index in [2.05, 4.69) is 10.2 Å². The van der Waals surface area contributed by atoms with Crippen LogP contribution in [0, 0.1) is 12.7 Å². The van der Waals surface area contributed by atoms with E-state index in [9.17, 15) is 9.18 Å². The van der Waals surface area contributed by atoms with Gasteiger partial charge in [0.05, 0.1) is 11.3 Å². The molecule has 6 heteroatoms. The molecule has 4 nitrogen and oxygen atoms in total. The smallest absolute Gasteiger partial charge is 0.277 e. The summed E-state index contributed by atoms with van der Waals surface area (Å²) in [6, 6.07) is 5.88. The number of nitrogens with zero attached hydrogens (tertiary/aromatic N) is 2. The highest BCUT2D eigenvalue weighted by atomic mass is 32.2. The van der Waals surface area contributed by atoms with E-state index in [0.717, 1.165) is 11.8 Å². The monoisotopic (exact) mass is 252 g/mol. The SMILES string of the molecule is Cc1nnc(SCC(=O)c2ccccc2F)o1. The minimum absolute atomic E-state index is 0.0720. The average molecular weight is 252 g/mol. The zero-order chi connectivity index (χ0) is 12.3. The molecular formula is C11H9FN2O2S. The molecule has 0 atom stereocenters. The van der Waals surface area contributed by atoms with E-state index in [1.54, 1.807) is 19.1 Å². The summed E-state index contributed by atoms with van der Waals surface area (Å²) in [5.41, 5.74) is 0.0798. The topological polar surface area (TPSA) is 56.0 Å². The van der Waals surface area contributed by atoms with Crippen molar-refractivity contribution in [1.82, 2.24) is 10.2 Å². The summed E-state index contributed by atoms with van der Waals surface area (Å²) in [7, 11) is 0. The molecule has 0 saturated carbocycles. The average Bonchev–Trinajstić information content (AvgIpc) is 2.73. The second-order valence-corrected chi connectivity index (χ2v) is 4.21. The molecule has 1 heterocycles. The molecule has 0 aliphatic carbocycles. The quantitative estimate of drug-likeness (QED) is 0.618. The second kappa shape index (κ2) is 5.09. The van der Waals surface area contributed by atoms with Gasteiger partial charge in [-0.15, -0.1) is 10.2 Å². The summed E-state index contributed by atoms with van der Waals surface area (Å²) in [4.78, 5) is 11.7. The van der Waals surface area contributed by atoms with Crippen molar-refractivity contribution in [1.29, 1.82) is 0 Å². The van der Waals surface area contributed by atoms with Gasteiger partial charge in [0, 0.05) is 6.92 Å². The van der Waals surface area contributed by atoms with Crippen LogP contribution >= 0.6 is 11.8 Å². The predicted octanol–water partition coefficient (Wildman–Crippen LogP) is 2.49. The zero-order valence-electron chi connectivity index (χ0n) is 9.01. The molecule has 0 saturated heterocycles. The molecule has 88 valence electrons. The molecule has 0 aliphatic rings. The van der Waals surface area contributed by atoms with Crippen LogP contribution in [0.1, 0.15) is 16.2 Å². The summed E-state index contributed by atoms with van der Waals surface area (Å²) >= 11 is 1.10. The Morgan fingerprint density at radius 2 is 2.18 bits per heavy atom. The van der Waals surface area contributed by atoms with Gasteiger partial charge in [0.25, 0.3) is 5.22 Å². The third-order valence-electron chi connectivity index (χ3n) is 2.01. The normalized spacial score (nSPS) is 10.5. The number of aryl methyl sites for hydroxylation is 1. The molecule has 0 fully saturated rings. The standard InChI is InChI=1S/C11H9FN2O2S/c1-7-13-14-11(16-7)17-6-10(15)8-4-2-3-5-9(8)12/h2-5H,6H2,1H3. The number of carbonyl (C=O) groups excluding carboxylic acids is 1. The third-order valence-corrected chi connectivity index (χ3v) is 2.83. The molecule has 2 aromatic rings. The number of Topliss-reactive ketones (excluding diaryl/α,β-unsaturated/α-hetero) is 1. The van der Waals surface area contributed by atoms with Crippen molar-refractivity contribution in [2.75, 3.05) is 5.75 Å². The maximum atomic E-state index is 13.3. The van der Waals surface area contributed by atoms with Gasteiger partial charge in [-0.3, -0.25) is 4.79 Å². The third kappa shape index (κ3) is 2.91. The second-order valence-electron chi connectivity index (χ2n) is 3.28. The lowest BCUT2D eigenvalue weighted by molar-refractivity contribution is 0.101. The molecule has 1 aromatic heterocycles. The minimum Gasteiger partial charge on any atom is -0.416 e. The lowest BCUT2D eigenvalue weighted by Crippen LogP contribution is -2.04. The first-order chi connectivity index (χ1) is 8.16. The molecule has 0 aliphatic heterocycles. The van der Waals surface area contributed by atoms with Crippen molar-refractivity contribution in [2.45, 2.75) is 12.1 Å². The summed E-state index contributed by atoms with van der Waals surface area (Å²) < 4.78 is 18.4. The van der Waals surface area contributed by atoms with Gasteiger partial charge >= 0.3 is 0 Å². The van der Waals surface area contributed by atoms with Gasteiger partial charge in [-0.1, -0.05) is 23.9 Å². The summed E-state index contributed by atoms with van der Waals surface area (Å²) in [5.74, 6) is -0.308. The summed E-state index contributed by atoms with van der Waals surface area (Å²) in [6.45, 7) is 1.66. The largest absolute Gasteiger partial charge is 0.416 e. The molecule has 17 heavy (non-hydrogen) atoms. The van der Waals surface area contributed by atoms with E-state index in [4.69, 9.17) is 4.42 Å². The van der Waals surface area contributed by atoms with Gasteiger partial charge in [0.15, 0.2) is 5.78 Å². The lowest BCUT2D eigenvalue weighted by atomic mass is 10.1. The molecule has 0 bridgehead atoms. The Hall–Kier alpha value is -1.69. The first-order valence-corrected chi connectivity index (χ1v) is 5.86.